The van der Waals surface area contributed by atoms with Gasteiger partial charge in [-0.2, -0.15) is 0 Å². The van der Waals surface area contributed by atoms with Gasteiger partial charge in [0, 0.05) is 18.8 Å². The molecule has 5 heteroatoms. The Labute approximate surface area is 112 Å². The third-order valence-electron chi connectivity index (χ3n) is 3.24. The summed E-state index contributed by atoms with van der Waals surface area (Å²) in [6.07, 6.45) is 0.532. The van der Waals surface area contributed by atoms with Crippen LogP contribution in [0.2, 0.25) is 0 Å². The number of amides is 1. The molecule has 1 rings (SSSR count). The van der Waals surface area contributed by atoms with Gasteiger partial charge in [0.2, 0.25) is 5.91 Å². The van der Waals surface area contributed by atoms with E-state index < -0.39 is 5.41 Å². The van der Waals surface area contributed by atoms with E-state index in [1.165, 1.54) is 11.0 Å². The van der Waals surface area contributed by atoms with Crippen molar-refractivity contribution in [2.75, 3.05) is 11.9 Å². The third-order valence-corrected chi connectivity index (χ3v) is 3.70. The maximum Gasteiger partial charge on any atom is 0.239 e. The van der Waals surface area contributed by atoms with Crippen molar-refractivity contribution in [3.8, 4) is 5.75 Å². The average molecular weight is 266 g/mol. The fraction of sp³-hybridized carbons (Fsp3) is 0.385. The van der Waals surface area contributed by atoms with E-state index in [-0.39, 0.29) is 16.6 Å². The first-order valence-electron chi connectivity index (χ1n) is 5.70. The van der Waals surface area contributed by atoms with Crippen molar-refractivity contribution in [1.82, 2.24) is 0 Å². The minimum absolute atomic E-state index is 0.112. The van der Waals surface area contributed by atoms with Crippen LogP contribution in [0.15, 0.2) is 24.3 Å². The minimum atomic E-state index is -0.866. The largest absolute Gasteiger partial charge is 0.508 e. The second-order valence-corrected chi connectivity index (χ2v) is 4.87. The summed E-state index contributed by atoms with van der Waals surface area (Å²) in [5, 5.41) is 9.42. The van der Waals surface area contributed by atoms with Gasteiger partial charge in [-0.25, -0.2) is 0 Å². The molecule has 0 aliphatic rings. The number of aromatic hydroxyl groups is 1. The van der Waals surface area contributed by atoms with Crippen LogP contribution in [0.1, 0.15) is 20.3 Å². The molecule has 0 bridgehead atoms. The van der Waals surface area contributed by atoms with Crippen LogP contribution in [0, 0.1) is 5.41 Å². The zero-order chi connectivity index (χ0) is 13.9. The standard InChI is InChI=1S/C13H18N2O2S/c1-4-13(2,11(14)18)12(17)15(3)9-6-5-7-10(16)8-9/h5-8,16H,4H2,1-3H3,(H2,14,18). The lowest BCUT2D eigenvalue weighted by molar-refractivity contribution is -0.124. The number of nitrogens with zero attached hydrogens (tertiary/aromatic N) is 1. The second kappa shape index (κ2) is 5.35. The van der Waals surface area contributed by atoms with Gasteiger partial charge in [-0.1, -0.05) is 25.2 Å². The molecule has 0 aromatic heterocycles. The Morgan fingerprint density at radius 1 is 1.56 bits per heavy atom. The smallest absolute Gasteiger partial charge is 0.239 e. The van der Waals surface area contributed by atoms with Crippen LogP contribution in [0.25, 0.3) is 0 Å². The summed E-state index contributed by atoms with van der Waals surface area (Å²) in [6, 6.07) is 6.49. The Bertz CT molecular complexity index is 476. The summed E-state index contributed by atoms with van der Waals surface area (Å²) in [4.78, 5) is 14.1. The highest BCUT2D eigenvalue weighted by molar-refractivity contribution is 7.80. The Balaban J connectivity index is 3.07. The van der Waals surface area contributed by atoms with Gasteiger partial charge in [0.05, 0.1) is 10.4 Å². The highest BCUT2D eigenvalue weighted by atomic mass is 32.1. The van der Waals surface area contributed by atoms with Crippen LogP contribution in [0.5, 0.6) is 5.75 Å². The van der Waals surface area contributed by atoms with Gasteiger partial charge >= 0.3 is 0 Å². The maximum atomic E-state index is 12.4. The van der Waals surface area contributed by atoms with E-state index >= 15 is 0 Å². The van der Waals surface area contributed by atoms with Gasteiger partial charge in [0.15, 0.2) is 0 Å². The number of benzene rings is 1. The number of phenols is 1. The molecule has 0 saturated heterocycles. The molecule has 0 fully saturated rings. The molecule has 1 aromatic rings. The number of anilines is 1. The Hall–Kier alpha value is -1.62. The van der Waals surface area contributed by atoms with E-state index in [0.717, 1.165) is 0 Å². The van der Waals surface area contributed by atoms with Crippen molar-refractivity contribution >= 4 is 28.8 Å². The molecule has 0 aliphatic heterocycles. The predicted octanol–water partition coefficient (Wildman–Crippen LogP) is 2.06. The van der Waals surface area contributed by atoms with E-state index in [1.54, 1.807) is 32.2 Å². The van der Waals surface area contributed by atoms with Crippen LogP contribution in [-0.4, -0.2) is 23.0 Å². The normalized spacial score (nSPS) is 13.7. The number of phenolic OH excluding ortho intramolecular Hbond substituents is 1. The van der Waals surface area contributed by atoms with Gasteiger partial charge in [0.1, 0.15) is 5.75 Å². The zero-order valence-corrected chi connectivity index (χ0v) is 11.6. The first-order valence-corrected chi connectivity index (χ1v) is 6.11. The van der Waals surface area contributed by atoms with E-state index in [0.29, 0.717) is 12.1 Å². The number of thiocarbonyl (C=S) groups is 1. The van der Waals surface area contributed by atoms with E-state index in [4.69, 9.17) is 18.0 Å². The number of hydrogen-bond donors (Lipinski definition) is 2. The van der Waals surface area contributed by atoms with Crippen molar-refractivity contribution in [2.24, 2.45) is 11.1 Å². The molecule has 3 N–H and O–H groups in total. The molecule has 0 spiro atoms. The third kappa shape index (κ3) is 2.61. The van der Waals surface area contributed by atoms with Gasteiger partial charge < -0.3 is 15.7 Å². The first-order chi connectivity index (χ1) is 8.32. The quantitative estimate of drug-likeness (QED) is 0.819. The average Bonchev–Trinajstić information content (AvgIpc) is 2.35. The Kier molecular flexibility index (Phi) is 4.29. The molecule has 18 heavy (non-hydrogen) atoms. The molecular formula is C13H18N2O2S. The highest BCUT2D eigenvalue weighted by Gasteiger charge is 2.37. The molecule has 1 atom stereocenters. The van der Waals surface area contributed by atoms with Crippen LogP contribution in [-0.2, 0) is 4.79 Å². The zero-order valence-electron chi connectivity index (χ0n) is 10.8. The number of carbonyl (C=O) groups excluding carboxylic acids is 1. The molecule has 4 nitrogen and oxygen atoms in total. The molecular weight excluding hydrogens is 248 g/mol. The Morgan fingerprint density at radius 3 is 2.61 bits per heavy atom. The summed E-state index contributed by atoms with van der Waals surface area (Å²) in [7, 11) is 1.64. The number of hydrogen-bond acceptors (Lipinski definition) is 3. The summed E-state index contributed by atoms with van der Waals surface area (Å²) in [5.41, 5.74) is 5.40. The Morgan fingerprint density at radius 2 is 2.17 bits per heavy atom. The molecule has 0 radical (unpaired) electrons. The van der Waals surface area contributed by atoms with Gasteiger partial charge in [-0.15, -0.1) is 0 Å². The van der Waals surface area contributed by atoms with Crippen molar-refractivity contribution in [1.29, 1.82) is 0 Å². The minimum Gasteiger partial charge on any atom is -0.508 e. The van der Waals surface area contributed by atoms with Gasteiger partial charge in [-0.3, -0.25) is 4.79 Å². The first kappa shape index (κ1) is 14.4. The summed E-state index contributed by atoms with van der Waals surface area (Å²) in [6.45, 7) is 3.60. The van der Waals surface area contributed by atoms with Crippen molar-refractivity contribution in [3.63, 3.8) is 0 Å². The lowest BCUT2D eigenvalue weighted by atomic mass is 9.86. The monoisotopic (exact) mass is 266 g/mol. The maximum absolute atomic E-state index is 12.4. The van der Waals surface area contributed by atoms with Crippen molar-refractivity contribution in [3.05, 3.63) is 24.3 Å². The van der Waals surface area contributed by atoms with Crippen LogP contribution < -0.4 is 10.6 Å². The second-order valence-electron chi connectivity index (χ2n) is 4.43. The van der Waals surface area contributed by atoms with Crippen LogP contribution in [0.3, 0.4) is 0 Å². The van der Waals surface area contributed by atoms with E-state index in [1.807, 2.05) is 6.92 Å². The summed E-state index contributed by atoms with van der Waals surface area (Å²) in [5.74, 6) is -0.0659. The predicted molar refractivity (Wildman–Crippen MR) is 76.7 cm³/mol. The SMILES string of the molecule is CCC(C)(C(=O)N(C)c1cccc(O)c1)C(N)=S. The number of carbonyl (C=O) groups is 1. The topological polar surface area (TPSA) is 66.6 Å². The highest BCUT2D eigenvalue weighted by Crippen LogP contribution is 2.28. The molecule has 1 aromatic carbocycles. The number of rotatable bonds is 4. The summed E-state index contributed by atoms with van der Waals surface area (Å²) < 4.78 is 0. The lowest BCUT2D eigenvalue weighted by Gasteiger charge is -2.30. The summed E-state index contributed by atoms with van der Waals surface area (Å²) >= 11 is 4.98. The van der Waals surface area contributed by atoms with Crippen LogP contribution in [0.4, 0.5) is 5.69 Å². The lowest BCUT2D eigenvalue weighted by Crippen LogP contribution is -2.47. The van der Waals surface area contributed by atoms with Crippen molar-refractivity contribution in [2.45, 2.75) is 20.3 Å². The van der Waals surface area contributed by atoms with Gasteiger partial charge in [0.25, 0.3) is 0 Å². The molecule has 98 valence electrons. The van der Waals surface area contributed by atoms with E-state index in [9.17, 15) is 9.90 Å². The van der Waals surface area contributed by atoms with E-state index in [2.05, 4.69) is 0 Å². The molecule has 0 heterocycles. The molecule has 0 aliphatic carbocycles. The molecule has 1 unspecified atom stereocenters. The molecule has 1 amide bonds. The van der Waals surface area contributed by atoms with Crippen LogP contribution >= 0.6 is 12.2 Å². The van der Waals surface area contributed by atoms with Crippen molar-refractivity contribution < 1.29 is 9.90 Å². The fourth-order valence-electron chi connectivity index (χ4n) is 1.62. The van der Waals surface area contributed by atoms with Gasteiger partial charge in [-0.05, 0) is 25.5 Å². The number of nitrogens with two attached hydrogens (primary N) is 1. The fourth-order valence-corrected chi connectivity index (χ4v) is 1.85. The molecule has 0 saturated carbocycles.